The lowest BCUT2D eigenvalue weighted by Crippen LogP contribution is -2.39. The van der Waals surface area contributed by atoms with E-state index in [1.807, 2.05) is 6.92 Å². The summed E-state index contributed by atoms with van der Waals surface area (Å²) in [6, 6.07) is 6.53. The molecule has 0 heterocycles. The van der Waals surface area contributed by atoms with Crippen LogP contribution >= 0.6 is 0 Å². The van der Waals surface area contributed by atoms with E-state index in [0.717, 1.165) is 0 Å². The van der Waals surface area contributed by atoms with Crippen LogP contribution in [0.4, 0.5) is 0 Å². The Balaban J connectivity index is 2.37. The predicted molar refractivity (Wildman–Crippen MR) is 90.4 cm³/mol. The highest BCUT2D eigenvalue weighted by molar-refractivity contribution is 5.96. The van der Waals surface area contributed by atoms with Crippen LogP contribution in [-0.4, -0.2) is 57.3 Å². The zero-order valence-electron chi connectivity index (χ0n) is 14.7. The zero-order valence-corrected chi connectivity index (χ0v) is 14.7. The van der Waals surface area contributed by atoms with Crippen LogP contribution in [0.15, 0.2) is 24.3 Å². The molecule has 2 N–H and O–H groups in total. The van der Waals surface area contributed by atoms with E-state index < -0.39 is 23.9 Å². The number of nitrogens with one attached hydrogen (secondary N) is 2. The second kappa shape index (κ2) is 11.0. The third-order valence-electron chi connectivity index (χ3n) is 3.10. The average Bonchev–Trinajstić information content (AvgIpc) is 2.60. The number of ether oxygens (including phenoxy) is 3. The van der Waals surface area contributed by atoms with E-state index in [9.17, 15) is 14.4 Å². The van der Waals surface area contributed by atoms with Gasteiger partial charge in [-0.25, -0.2) is 0 Å². The molecule has 0 saturated carbocycles. The summed E-state index contributed by atoms with van der Waals surface area (Å²) in [5.41, 5.74) is 0.390. The number of carbonyl (C=O) groups excluding carboxylic acids is 3. The number of amides is 2. The Bertz CT molecular complexity index is 573. The number of hydrogen-bond acceptors (Lipinski definition) is 6. The van der Waals surface area contributed by atoms with E-state index in [1.165, 1.54) is 14.0 Å². The van der Waals surface area contributed by atoms with Crippen molar-refractivity contribution in [2.75, 3.05) is 33.4 Å². The first-order valence-electron chi connectivity index (χ1n) is 7.95. The molecule has 0 fully saturated rings. The van der Waals surface area contributed by atoms with Gasteiger partial charge >= 0.3 is 5.97 Å². The van der Waals surface area contributed by atoms with Crippen LogP contribution in [0.2, 0.25) is 0 Å². The summed E-state index contributed by atoms with van der Waals surface area (Å²) >= 11 is 0. The van der Waals surface area contributed by atoms with E-state index in [4.69, 9.17) is 14.2 Å². The van der Waals surface area contributed by atoms with Gasteiger partial charge in [-0.3, -0.25) is 14.4 Å². The molecule has 2 amide bonds. The minimum absolute atomic E-state index is 0.325. The highest BCUT2D eigenvalue weighted by atomic mass is 16.5. The van der Waals surface area contributed by atoms with Crippen LogP contribution < -0.4 is 15.4 Å². The van der Waals surface area contributed by atoms with Crippen molar-refractivity contribution in [1.82, 2.24) is 10.6 Å². The van der Waals surface area contributed by atoms with Gasteiger partial charge in [0, 0.05) is 19.2 Å². The molecule has 1 atom stereocenters. The van der Waals surface area contributed by atoms with Crippen molar-refractivity contribution >= 4 is 17.8 Å². The zero-order chi connectivity index (χ0) is 18.7. The number of rotatable bonds is 10. The number of carbonyl (C=O) groups is 3. The first-order chi connectivity index (χ1) is 12.0. The van der Waals surface area contributed by atoms with Gasteiger partial charge in [-0.15, -0.1) is 0 Å². The fourth-order valence-electron chi connectivity index (χ4n) is 1.84. The SMILES string of the molecule is CCOc1ccc(C(=O)NCC(=O)O[C@@H](C)C(=O)NCCOC)cc1. The smallest absolute Gasteiger partial charge is 0.326 e. The molecule has 0 unspecified atom stereocenters. The Kier molecular flexibility index (Phi) is 9.02. The molecule has 0 aliphatic rings. The van der Waals surface area contributed by atoms with Crippen molar-refractivity contribution in [3.8, 4) is 5.75 Å². The fourth-order valence-corrected chi connectivity index (χ4v) is 1.84. The summed E-state index contributed by atoms with van der Waals surface area (Å²) in [6.07, 6.45) is -0.952. The second-order valence-corrected chi connectivity index (χ2v) is 5.06. The van der Waals surface area contributed by atoms with E-state index >= 15 is 0 Å². The van der Waals surface area contributed by atoms with Gasteiger partial charge in [-0.05, 0) is 38.1 Å². The molecule has 0 aliphatic carbocycles. The number of methoxy groups -OCH3 is 1. The monoisotopic (exact) mass is 352 g/mol. The van der Waals surface area contributed by atoms with Crippen molar-refractivity contribution in [3.05, 3.63) is 29.8 Å². The van der Waals surface area contributed by atoms with Gasteiger partial charge in [0.2, 0.25) is 0 Å². The van der Waals surface area contributed by atoms with Crippen molar-refractivity contribution in [2.24, 2.45) is 0 Å². The van der Waals surface area contributed by atoms with E-state index in [2.05, 4.69) is 10.6 Å². The molecule has 0 bridgehead atoms. The molecule has 0 aliphatic heterocycles. The predicted octanol–water partition coefficient (Wildman–Crippen LogP) is 0.509. The van der Waals surface area contributed by atoms with Crippen molar-refractivity contribution < 1.29 is 28.6 Å². The molecule has 8 heteroatoms. The summed E-state index contributed by atoms with van der Waals surface area (Å²) in [5.74, 6) is -0.888. The highest BCUT2D eigenvalue weighted by Gasteiger charge is 2.18. The first kappa shape index (κ1) is 20.4. The molecule has 25 heavy (non-hydrogen) atoms. The molecular formula is C17H24N2O6. The second-order valence-electron chi connectivity index (χ2n) is 5.06. The van der Waals surface area contributed by atoms with Gasteiger partial charge in [0.25, 0.3) is 11.8 Å². The Hall–Kier alpha value is -2.61. The summed E-state index contributed by atoms with van der Waals surface area (Å²) in [5, 5.41) is 5.00. The maximum absolute atomic E-state index is 12.0. The summed E-state index contributed by atoms with van der Waals surface area (Å²) in [4.78, 5) is 35.3. The van der Waals surface area contributed by atoms with E-state index in [0.29, 0.717) is 31.1 Å². The average molecular weight is 352 g/mol. The van der Waals surface area contributed by atoms with Crippen LogP contribution in [0, 0.1) is 0 Å². The number of hydrogen-bond donors (Lipinski definition) is 2. The van der Waals surface area contributed by atoms with Crippen molar-refractivity contribution in [1.29, 1.82) is 0 Å². The highest BCUT2D eigenvalue weighted by Crippen LogP contribution is 2.11. The van der Waals surface area contributed by atoms with Gasteiger partial charge in [-0.1, -0.05) is 0 Å². The van der Waals surface area contributed by atoms with Crippen LogP contribution in [0.3, 0.4) is 0 Å². The van der Waals surface area contributed by atoms with Crippen LogP contribution in [0.25, 0.3) is 0 Å². The van der Waals surface area contributed by atoms with Gasteiger partial charge < -0.3 is 24.8 Å². The summed E-state index contributed by atoms with van der Waals surface area (Å²) < 4.78 is 15.0. The third kappa shape index (κ3) is 7.67. The summed E-state index contributed by atoms with van der Waals surface area (Å²) in [6.45, 7) is 4.21. The quantitative estimate of drug-likeness (QED) is 0.470. The topological polar surface area (TPSA) is 103 Å². The molecule has 8 nitrogen and oxygen atoms in total. The lowest BCUT2D eigenvalue weighted by Gasteiger charge is -2.13. The summed E-state index contributed by atoms with van der Waals surface area (Å²) in [7, 11) is 1.52. The largest absolute Gasteiger partial charge is 0.494 e. The van der Waals surface area contributed by atoms with Crippen molar-refractivity contribution in [2.45, 2.75) is 20.0 Å². The number of benzene rings is 1. The lowest BCUT2D eigenvalue weighted by molar-refractivity contribution is -0.153. The molecule has 138 valence electrons. The van der Waals surface area contributed by atoms with Gasteiger partial charge in [0.15, 0.2) is 6.10 Å². The first-order valence-corrected chi connectivity index (χ1v) is 7.95. The maximum atomic E-state index is 12.0. The van der Waals surface area contributed by atoms with Gasteiger partial charge in [0.05, 0.1) is 13.2 Å². The van der Waals surface area contributed by atoms with Crippen LogP contribution in [0.5, 0.6) is 5.75 Å². The molecular weight excluding hydrogens is 328 g/mol. The van der Waals surface area contributed by atoms with Gasteiger partial charge in [0.1, 0.15) is 12.3 Å². The molecule has 0 radical (unpaired) electrons. The Labute approximate surface area is 146 Å². The molecule has 1 aromatic carbocycles. The molecule has 0 aromatic heterocycles. The minimum Gasteiger partial charge on any atom is -0.494 e. The van der Waals surface area contributed by atoms with Gasteiger partial charge in [-0.2, -0.15) is 0 Å². The Morgan fingerprint density at radius 3 is 2.40 bits per heavy atom. The van der Waals surface area contributed by atoms with Crippen LogP contribution in [-0.2, 0) is 19.1 Å². The lowest BCUT2D eigenvalue weighted by atomic mass is 10.2. The molecule has 0 spiro atoms. The Morgan fingerprint density at radius 1 is 1.12 bits per heavy atom. The fraction of sp³-hybridized carbons (Fsp3) is 0.471. The normalized spacial score (nSPS) is 11.3. The van der Waals surface area contributed by atoms with Crippen molar-refractivity contribution in [3.63, 3.8) is 0 Å². The molecule has 1 rings (SSSR count). The van der Waals surface area contributed by atoms with E-state index in [-0.39, 0.29) is 6.54 Å². The minimum atomic E-state index is -0.952. The maximum Gasteiger partial charge on any atom is 0.326 e. The molecule has 1 aromatic rings. The number of esters is 1. The Morgan fingerprint density at radius 2 is 1.80 bits per heavy atom. The van der Waals surface area contributed by atoms with E-state index in [1.54, 1.807) is 24.3 Å². The third-order valence-corrected chi connectivity index (χ3v) is 3.10. The standard InChI is InChI=1S/C17H24N2O6/c1-4-24-14-7-5-13(6-8-14)17(22)19-11-15(20)25-12(2)16(21)18-9-10-23-3/h5-8,12H,4,9-11H2,1-3H3,(H,18,21)(H,19,22)/t12-/m0/s1. The van der Waals surface area contributed by atoms with Crippen LogP contribution in [0.1, 0.15) is 24.2 Å². The molecule has 0 saturated heterocycles.